The van der Waals surface area contributed by atoms with Gasteiger partial charge in [0, 0.05) is 5.56 Å². The van der Waals surface area contributed by atoms with Gasteiger partial charge in [0.2, 0.25) is 0 Å². The van der Waals surface area contributed by atoms with Crippen molar-refractivity contribution >= 4 is 17.2 Å². The molecule has 0 saturated heterocycles. The zero-order chi connectivity index (χ0) is 13.4. The fraction of sp³-hybridized carbons (Fsp3) is 0.467. The van der Waals surface area contributed by atoms with E-state index in [4.69, 9.17) is 0 Å². The summed E-state index contributed by atoms with van der Waals surface area (Å²) in [7, 11) is 0. The minimum Gasteiger partial charge on any atom is -0.266 e. The molecule has 2 aliphatic rings. The average Bonchev–Trinajstić information content (AvgIpc) is 2.87. The van der Waals surface area contributed by atoms with Gasteiger partial charge in [0.15, 0.2) is 0 Å². The molecule has 0 aromatic carbocycles. The topological polar surface area (TPSA) is 34.9 Å². The van der Waals surface area contributed by atoms with Crippen molar-refractivity contribution in [2.75, 3.05) is 0 Å². The Balaban J connectivity index is 1.80. The van der Waals surface area contributed by atoms with Crippen LogP contribution in [0.2, 0.25) is 0 Å². The quantitative estimate of drug-likeness (QED) is 0.799. The van der Waals surface area contributed by atoms with Crippen molar-refractivity contribution in [3.63, 3.8) is 0 Å². The molecule has 0 N–H and O–H groups in total. The van der Waals surface area contributed by atoms with Gasteiger partial charge < -0.3 is 0 Å². The van der Waals surface area contributed by atoms with Crippen molar-refractivity contribution in [2.45, 2.75) is 33.1 Å². The van der Waals surface area contributed by atoms with Gasteiger partial charge in [-0.2, -0.15) is 9.78 Å². The summed E-state index contributed by atoms with van der Waals surface area (Å²) >= 11 is 1.48. The van der Waals surface area contributed by atoms with E-state index in [0.717, 1.165) is 22.7 Å². The molecular weight excluding hydrogens is 256 g/mol. The van der Waals surface area contributed by atoms with E-state index >= 15 is 0 Å². The molecule has 4 heteroatoms. The van der Waals surface area contributed by atoms with Gasteiger partial charge in [-0.3, -0.25) is 4.79 Å². The minimum atomic E-state index is 0.0263. The Kier molecular flexibility index (Phi) is 2.02. The van der Waals surface area contributed by atoms with Crippen molar-refractivity contribution in [1.29, 1.82) is 0 Å². The molecule has 2 aromatic heterocycles. The Morgan fingerprint density at radius 1 is 1.53 bits per heavy atom. The van der Waals surface area contributed by atoms with Crippen LogP contribution in [-0.4, -0.2) is 15.7 Å². The lowest BCUT2D eigenvalue weighted by molar-refractivity contribution is 0.0945. The molecule has 2 unspecified atom stereocenters. The van der Waals surface area contributed by atoms with Crippen LogP contribution < -0.4 is 0 Å². The van der Waals surface area contributed by atoms with Gasteiger partial charge in [-0.25, -0.2) is 0 Å². The van der Waals surface area contributed by atoms with Crippen LogP contribution in [0.3, 0.4) is 0 Å². The first-order chi connectivity index (χ1) is 9.01. The summed E-state index contributed by atoms with van der Waals surface area (Å²) in [6.45, 7) is 6.68. The molecule has 2 aromatic rings. The summed E-state index contributed by atoms with van der Waals surface area (Å²) in [5.74, 6) is 1.35. The minimum absolute atomic E-state index is 0.0263. The first kappa shape index (κ1) is 11.4. The van der Waals surface area contributed by atoms with Crippen molar-refractivity contribution in [3.8, 4) is 0 Å². The van der Waals surface area contributed by atoms with Gasteiger partial charge >= 0.3 is 0 Å². The highest BCUT2D eigenvalue weighted by molar-refractivity contribution is 7.12. The Hall–Kier alpha value is -1.42. The van der Waals surface area contributed by atoms with E-state index < -0.39 is 0 Å². The molecule has 0 bridgehead atoms. The summed E-state index contributed by atoms with van der Waals surface area (Å²) in [5, 5.41) is 6.44. The lowest BCUT2D eigenvalue weighted by Gasteiger charge is -2.09. The number of aromatic nitrogens is 2. The van der Waals surface area contributed by atoms with Crippen LogP contribution in [0, 0.1) is 18.3 Å². The van der Waals surface area contributed by atoms with E-state index in [0.29, 0.717) is 17.3 Å². The SMILES string of the molecule is Cc1nn(C(=O)c2cccs2)c2c1C1C(C2)C1(C)C. The second-order valence-corrected chi connectivity index (χ2v) is 7.20. The maximum atomic E-state index is 12.5. The van der Waals surface area contributed by atoms with Crippen LogP contribution in [0.4, 0.5) is 0 Å². The standard InChI is InChI=1S/C15H16N2OS/c1-8-12-10(7-9-13(12)15(9,2)3)17(16-8)14(18)11-5-4-6-19-11/h4-6,9,13H,7H2,1-3H3. The lowest BCUT2D eigenvalue weighted by Crippen LogP contribution is -2.16. The Morgan fingerprint density at radius 3 is 3.00 bits per heavy atom. The molecule has 1 fully saturated rings. The average molecular weight is 272 g/mol. The van der Waals surface area contributed by atoms with Gasteiger partial charge in [0.05, 0.1) is 16.3 Å². The molecule has 4 rings (SSSR count). The monoisotopic (exact) mass is 272 g/mol. The number of carbonyl (C=O) groups excluding carboxylic acids is 1. The van der Waals surface area contributed by atoms with Gasteiger partial charge in [-0.15, -0.1) is 11.3 Å². The number of aryl methyl sites for hydroxylation is 1. The maximum absolute atomic E-state index is 12.5. The van der Waals surface area contributed by atoms with Crippen LogP contribution in [0.5, 0.6) is 0 Å². The highest BCUT2D eigenvalue weighted by Crippen LogP contribution is 2.70. The molecular formula is C15H16N2OS. The largest absolute Gasteiger partial charge is 0.288 e. The summed E-state index contributed by atoms with van der Waals surface area (Å²) < 4.78 is 1.65. The number of nitrogens with zero attached hydrogens (tertiary/aromatic N) is 2. The Bertz CT molecular complexity index is 681. The third-order valence-electron chi connectivity index (χ3n) is 4.91. The molecule has 2 heterocycles. The smallest absolute Gasteiger partial charge is 0.266 e. The second-order valence-electron chi connectivity index (χ2n) is 6.25. The van der Waals surface area contributed by atoms with Crippen LogP contribution in [0.1, 0.15) is 46.4 Å². The lowest BCUT2D eigenvalue weighted by atomic mass is 9.98. The fourth-order valence-electron chi connectivity index (χ4n) is 3.77. The van der Waals surface area contributed by atoms with E-state index in [1.165, 1.54) is 16.9 Å². The number of hydrogen-bond donors (Lipinski definition) is 0. The zero-order valence-corrected chi connectivity index (χ0v) is 12.1. The summed E-state index contributed by atoms with van der Waals surface area (Å²) in [6, 6.07) is 3.78. The van der Waals surface area contributed by atoms with Crippen molar-refractivity contribution in [2.24, 2.45) is 11.3 Å². The number of rotatable bonds is 1. The van der Waals surface area contributed by atoms with E-state index in [-0.39, 0.29) is 5.91 Å². The predicted octanol–water partition coefficient (Wildman–Crippen LogP) is 3.24. The van der Waals surface area contributed by atoms with E-state index in [2.05, 4.69) is 18.9 Å². The number of carbonyl (C=O) groups is 1. The predicted molar refractivity (Wildman–Crippen MR) is 74.7 cm³/mol. The third kappa shape index (κ3) is 1.32. The van der Waals surface area contributed by atoms with E-state index in [9.17, 15) is 4.79 Å². The van der Waals surface area contributed by atoms with Crippen LogP contribution >= 0.6 is 11.3 Å². The van der Waals surface area contributed by atoms with Gasteiger partial charge in [-0.05, 0) is 42.0 Å². The molecule has 0 spiro atoms. The number of hydrogen-bond acceptors (Lipinski definition) is 3. The molecule has 19 heavy (non-hydrogen) atoms. The Morgan fingerprint density at radius 2 is 2.32 bits per heavy atom. The molecule has 1 saturated carbocycles. The molecule has 98 valence electrons. The molecule has 2 atom stereocenters. The zero-order valence-electron chi connectivity index (χ0n) is 11.3. The normalized spacial score (nSPS) is 26.1. The molecule has 2 aliphatic carbocycles. The summed E-state index contributed by atoms with van der Waals surface area (Å²) in [5.41, 5.74) is 3.94. The van der Waals surface area contributed by atoms with E-state index in [1.54, 1.807) is 4.68 Å². The summed E-state index contributed by atoms with van der Waals surface area (Å²) in [6.07, 6.45) is 1.00. The first-order valence-corrected chi connectivity index (χ1v) is 7.56. The summed E-state index contributed by atoms with van der Waals surface area (Å²) in [4.78, 5) is 13.2. The first-order valence-electron chi connectivity index (χ1n) is 6.68. The van der Waals surface area contributed by atoms with Gasteiger partial charge in [0.25, 0.3) is 5.91 Å². The highest BCUT2D eigenvalue weighted by atomic mass is 32.1. The van der Waals surface area contributed by atoms with E-state index in [1.807, 2.05) is 24.4 Å². The third-order valence-corrected chi connectivity index (χ3v) is 5.76. The molecule has 0 aliphatic heterocycles. The Labute approximate surface area is 116 Å². The van der Waals surface area contributed by atoms with Gasteiger partial charge in [-0.1, -0.05) is 19.9 Å². The maximum Gasteiger partial charge on any atom is 0.288 e. The molecule has 0 radical (unpaired) electrons. The van der Waals surface area contributed by atoms with Crippen LogP contribution in [0.15, 0.2) is 17.5 Å². The molecule has 3 nitrogen and oxygen atoms in total. The fourth-order valence-corrected chi connectivity index (χ4v) is 4.42. The molecule has 0 amide bonds. The van der Waals surface area contributed by atoms with Crippen molar-refractivity contribution < 1.29 is 4.79 Å². The van der Waals surface area contributed by atoms with Crippen molar-refractivity contribution in [3.05, 3.63) is 39.3 Å². The van der Waals surface area contributed by atoms with Crippen molar-refractivity contribution in [1.82, 2.24) is 9.78 Å². The second kappa shape index (κ2) is 3.37. The van der Waals surface area contributed by atoms with Gasteiger partial charge in [0.1, 0.15) is 0 Å². The number of thiophene rings is 1. The number of fused-ring (bicyclic) bond motifs is 3. The highest BCUT2D eigenvalue weighted by Gasteiger charge is 2.64. The van der Waals surface area contributed by atoms with Crippen LogP contribution in [0.25, 0.3) is 0 Å². The van der Waals surface area contributed by atoms with Crippen LogP contribution in [-0.2, 0) is 6.42 Å².